The number of nitro groups is 1. The number of hydrogen-bond donors (Lipinski definition) is 1. The monoisotopic (exact) mass is 217 g/mol. The second kappa shape index (κ2) is 4.78. The van der Waals surface area contributed by atoms with E-state index in [1.807, 2.05) is 0 Å². The molecular weight excluding hydrogens is 210 g/mol. The number of aliphatic hydroxyl groups is 1. The van der Waals surface area contributed by atoms with E-state index in [2.05, 4.69) is 0 Å². The Hall–Kier alpha value is -1.33. The summed E-state index contributed by atoms with van der Waals surface area (Å²) in [5.74, 6) is 0.325. The van der Waals surface area contributed by atoms with Crippen molar-refractivity contribution in [3.05, 3.63) is 33.3 Å². The van der Waals surface area contributed by atoms with Crippen molar-refractivity contribution in [2.24, 2.45) is 0 Å². The van der Waals surface area contributed by atoms with Crippen LogP contribution in [0.1, 0.15) is 0 Å². The Morgan fingerprint density at radius 1 is 1.57 bits per heavy atom. The Bertz CT molecular complexity index is 342. The van der Waals surface area contributed by atoms with E-state index < -0.39 is 4.92 Å². The van der Waals surface area contributed by atoms with Crippen LogP contribution < -0.4 is 4.74 Å². The maximum absolute atomic E-state index is 10.3. The maximum Gasteiger partial charge on any atom is 0.271 e. The first kappa shape index (κ1) is 10.7. The lowest BCUT2D eigenvalue weighted by Gasteiger charge is -2.05. The molecule has 0 saturated carbocycles. The van der Waals surface area contributed by atoms with E-state index in [4.69, 9.17) is 21.4 Å². The summed E-state index contributed by atoms with van der Waals surface area (Å²) < 4.78 is 5.02. The first-order valence-electron chi connectivity index (χ1n) is 3.82. The highest BCUT2D eigenvalue weighted by Gasteiger charge is 2.09. The molecule has 0 fully saturated rings. The molecule has 0 aliphatic carbocycles. The van der Waals surface area contributed by atoms with Gasteiger partial charge in [-0.2, -0.15) is 0 Å². The molecule has 0 aliphatic heterocycles. The van der Waals surface area contributed by atoms with Gasteiger partial charge in [0.05, 0.1) is 16.6 Å². The summed E-state index contributed by atoms with van der Waals surface area (Å²) in [6.07, 6.45) is 0. The fourth-order valence-electron chi connectivity index (χ4n) is 0.876. The Kier molecular flexibility index (Phi) is 3.67. The van der Waals surface area contributed by atoms with Gasteiger partial charge < -0.3 is 9.84 Å². The highest BCUT2D eigenvalue weighted by Crippen LogP contribution is 2.28. The molecule has 0 unspecified atom stereocenters. The number of hydrogen-bond acceptors (Lipinski definition) is 4. The van der Waals surface area contributed by atoms with Crippen LogP contribution in [0.2, 0.25) is 5.02 Å². The van der Waals surface area contributed by atoms with Gasteiger partial charge in [0.2, 0.25) is 0 Å². The lowest BCUT2D eigenvalue weighted by molar-refractivity contribution is -0.384. The molecule has 0 aromatic heterocycles. The first-order chi connectivity index (χ1) is 6.65. The van der Waals surface area contributed by atoms with Gasteiger partial charge in [-0.15, -0.1) is 0 Å². The summed E-state index contributed by atoms with van der Waals surface area (Å²) in [4.78, 5) is 9.80. The first-order valence-corrected chi connectivity index (χ1v) is 4.20. The zero-order chi connectivity index (χ0) is 10.6. The zero-order valence-electron chi connectivity index (χ0n) is 7.14. The normalized spacial score (nSPS) is 9.86. The molecule has 6 heteroatoms. The zero-order valence-corrected chi connectivity index (χ0v) is 7.90. The topological polar surface area (TPSA) is 72.6 Å². The minimum Gasteiger partial charge on any atom is -0.490 e. The van der Waals surface area contributed by atoms with Crippen molar-refractivity contribution in [2.45, 2.75) is 0 Å². The van der Waals surface area contributed by atoms with E-state index in [-0.39, 0.29) is 23.9 Å². The van der Waals surface area contributed by atoms with Crippen LogP contribution in [0.3, 0.4) is 0 Å². The van der Waals surface area contributed by atoms with Gasteiger partial charge in [0.25, 0.3) is 5.69 Å². The highest BCUT2D eigenvalue weighted by molar-refractivity contribution is 6.32. The largest absolute Gasteiger partial charge is 0.490 e. The summed E-state index contributed by atoms with van der Waals surface area (Å²) in [5, 5.41) is 19.0. The molecule has 1 aromatic rings. The lowest BCUT2D eigenvalue weighted by Crippen LogP contribution is -2.02. The van der Waals surface area contributed by atoms with E-state index in [9.17, 15) is 10.1 Å². The number of nitrogens with zero attached hydrogens (tertiary/aromatic N) is 1. The average Bonchev–Trinajstić information content (AvgIpc) is 2.15. The van der Waals surface area contributed by atoms with Crippen molar-refractivity contribution < 1.29 is 14.8 Å². The second-order valence-corrected chi connectivity index (χ2v) is 2.85. The molecule has 1 rings (SSSR count). The van der Waals surface area contributed by atoms with Crippen molar-refractivity contribution in [1.29, 1.82) is 0 Å². The molecule has 0 spiro atoms. The molecule has 76 valence electrons. The average molecular weight is 218 g/mol. The highest BCUT2D eigenvalue weighted by atomic mass is 35.5. The van der Waals surface area contributed by atoms with Crippen molar-refractivity contribution in [2.75, 3.05) is 13.2 Å². The molecule has 0 aliphatic rings. The van der Waals surface area contributed by atoms with Crippen LogP contribution in [0.25, 0.3) is 0 Å². The number of benzene rings is 1. The number of aliphatic hydroxyl groups excluding tert-OH is 1. The summed E-state index contributed by atoms with van der Waals surface area (Å²) in [5.41, 5.74) is -0.0913. The molecule has 0 bridgehead atoms. The van der Waals surface area contributed by atoms with Crippen LogP contribution in [0.4, 0.5) is 5.69 Å². The predicted molar refractivity (Wildman–Crippen MR) is 50.7 cm³/mol. The Balaban J connectivity index is 2.84. The van der Waals surface area contributed by atoms with Crippen molar-refractivity contribution in [3.8, 4) is 5.75 Å². The third kappa shape index (κ3) is 2.58. The minimum atomic E-state index is -0.540. The maximum atomic E-state index is 10.3. The number of non-ortho nitro benzene ring substituents is 1. The van der Waals surface area contributed by atoms with Crippen LogP contribution >= 0.6 is 11.6 Å². The van der Waals surface area contributed by atoms with Crippen molar-refractivity contribution >= 4 is 17.3 Å². The van der Waals surface area contributed by atoms with Gasteiger partial charge in [0, 0.05) is 12.1 Å². The molecule has 14 heavy (non-hydrogen) atoms. The third-order valence-corrected chi connectivity index (χ3v) is 1.77. The van der Waals surface area contributed by atoms with E-state index in [1.165, 1.54) is 18.2 Å². The lowest BCUT2D eigenvalue weighted by atomic mass is 10.3. The molecule has 0 radical (unpaired) electrons. The molecule has 0 atom stereocenters. The fraction of sp³-hybridized carbons (Fsp3) is 0.250. The molecule has 0 amide bonds. The smallest absolute Gasteiger partial charge is 0.271 e. The van der Waals surface area contributed by atoms with Gasteiger partial charge in [0.15, 0.2) is 0 Å². The van der Waals surface area contributed by atoms with E-state index >= 15 is 0 Å². The van der Waals surface area contributed by atoms with Crippen LogP contribution in [-0.4, -0.2) is 23.2 Å². The van der Waals surface area contributed by atoms with Crippen molar-refractivity contribution in [3.63, 3.8) is 0 Å². The minimum absolute atomic E-state index is 0.0913. The predicted octanol–water partition coefficient (Wildman–Crippen LogP) is 1.62. The standard InChI is InChI=1S/C8H8ClNO4/c9-7-5-6(10(12)13)1-2-8(7)14-4-3-11/h1-2,5,11H,3-4H2. The Morgan fingerprint density at radius 2 is 2.29 bits per heavy atom. The van der Waals surface area contributed by atoms with Crippen LogP contribution in [0.5, 0.6) is 5.75 Å². The fourth-order valence-corrected chi connectivity index (χ4v) is 1.11. The van der Waals surface area contributed by atoms with Crippen LogP contribution in [0, 0.1) is 10.1 Å². The number of rotatable bonds is 4. The van der Waals surface area contributed by atoms with E-state index in [1.54, 1.807) is 0 Å². The molecule has 5 nitrogen and oxygen atoms in total. The summed E-state index contributed by atoms with van der Waals surface area (Å²) in [6.45, 7) is -0.0230. The second-order valence-electron chi connectivity index (χ2n) is 2.44. The van der Waals surface area contributed by atoms with Crippen LogP contribution in [0.15, 0.2) is 18.2 Å². The number of nitro benzene ring substituents is 1. The number of halogens is 1. The SMILES string of the molecule is O=[N+]([O-])c1ccc(OCCO)c(Cl)c1. The molecule has 1 aromatic carbocycles. The van der Waals surface area contributed by atoms with Gasteiger partial charge in [-0.3, -0.25) is 10.1 Å². The third-order valence-electron chi connectivity index (χ3n) is 1.48. The molecule has 0 heterocycles. The number of ether oxygens (including phenoxy) is 1. The van der Waals surface area contributed by atoms with Gasteiger partial charge in [-0.05, 0) is 6.07 Å². The Labute approximate surface area is 85.0 Å². The van der Waals surface area contributed by atoms with E-state index in [0.717, 1.165) is 0 Å². The van der Waals surface area contributed by atoms with Gasteiger partial charge in [0.1, 0.15) is 12.4 Å². The molecular formula is C8H8ClNO4. The van der Waals surface area contributed by atoms with Crippen LogP contribution in [-0.2, 0) is 0 Å². The molecule has 1 N–H and O–H groups in total. The summed E-state index contributed by atoms with van der Waals surface area (Å²) >= 11 is 5.70. The van der Waals surface area contributed by atoms with Crippen molar-refractivity contribution in [1.82, 2.24) is 0 Å². The Morgan fingerprint density at radius 3 is 2.79 bits per heavy atom. The van der Waals surface area contributed by atoms with Gasteiger partial charge in [-0.1, -0.05) is 11.6 Å². The van der Waals surface area contributed by atoms with Gasteiger partial charge in [-0.25, -0.2) is 0 Å². The molecule has 0 saturated heterocycles. The summed E-state index contributed by atoms with van der Waals surface area (Å²) in [6, 6.07) is 3.89. The van der Waals surface area contributed by atoms with E-state index in [0.29, 0.717) is 5.75 Å². The van der Waals surface area contributed by atoms with Gasteiger partial charge >= 0.3 is 0 Å². The quantitative estimate of drug-likeness (QED) is 0.614. The summed E-state index contributed by atoms with van der Waals surface area (Å²) in [7, 11) is 0.